The summed E-state index contributed by atoms with van der Waals surface area (Å²) in [7, 11) is 0. The van der Waals surface area contributed by atoms with Gasteiger partial charge in [0.05, 0.1) is 11.4 Å². The van der Waals surface area contributed by atoms with E-state index >= 15 is 0 Å². The van der Waals surface area contributed by atoms with Gasteiger partial charge in [-0.1, -0.05) is 210 Å². The molecule has 0 aliphatic carbocycles. The second-order valence-corrected chi connectivity index (χ2v) is 29.3. The quantitative estimate of drug-likeness (QED) is 0.134. The lowest BCUT2D eigenvalue weighted by Crippen LogP contribution is -2.61. The lowest BCUT2D eigenvalue weighted by Gasteiger charge is -2.46. The number of furan rings is 1. The van der Waals surface area contributed by atoms with Crippen LogP contribution < -0.4 is 36.0 Å². The Morgan fingerprint density at radius 2 is 0.822 bits per heavy atom. The van der Waals surface area contributed by atoms with Gasteiger partial charge in [-0.15, -0.1) is 0 Å². The molecule has 0 saturated heterocycles. The molecule has 0 spiro atoms. The predicted molar refractivity (Wildman–Crippen MR) is 387 cm³/mol. The largest absolute Gasteiger partial charge is 0.456 e. The van der Waals surface area contributed by atoms with Crippen molar-refractivity contribution in [2.45, 2.75) is 119 Å². The molecule has 3 heterocycles. The SMILES string of the molecule is Cc1cccc(C)c1N1c2cc(N(c3ccccc3)c3ccc4cc(-c5cc6ccccc6o5)ccc4c3)ccc2B2c3cc(C(C)(C)C)ccc3N(c3ccc(C(C)(C)C)cc3)c3cc(N(c4ccc(C(C)(C)C)cc4)c4ccc(C(C)(C)C)cc4)cc1c32. The molecule has 5 nitrogen and oxygen atoms in total. The number of benzene rings is 11. The summed E-state index contributed by atoms with van der Waals surface area (Å²) in [4.78, 5) is 10.1. The van der Waals surface area contributed by atoms with E-state index in [2.05, 4.69) is 341 Å². The van der Waals surface area contributed by atoms with Gasteiger partial charge in [-0.05, 0) is 205 Å². The van der Waals surface area contributed by atoms with Gasteiger partial charge >= 0.3 is 0 Å². The Labute approximate surface area is 534 Å². The van der Waals surface area contributed by atoms with Gasteiger partial charge in [-0.3, -0.25) is 0 Å². The Balaban J connectivity index is 1.05. The topological polar surface area (TPSA) is 26.1 Å². The van der Waals surface area contributed by atoms with Crippen molar-refractivity contribution < 1.29 is 4.42 Å². The molecule has 0 fully saturated rings. The van der Waals surface area contributed by atoms with Crippen LogP contribution in [0.3, 0.4) is 0 Å². The lowest BCUT2D eigenvalue weighted by atomic mass is 9.33. The third kappa shape index (κ3) is 10.3. The second kappa shape index (κ2) is 21.6. The van der Waals surface area contributed by atoms with Gasteiger partial charge in [0.25, 0.3) is 6.71 Å². The molecule has 11 aromatic carbocycles. The highest BCUT2D eigenvalue weighted by Gasteiger charge is 2.45. The minimum Gasteiger partial charge on any atom is -0.456 e. The zero-order chi connectivity index (χ0) is 62.8. The number of rotatable bonds is 9. The molecule has 2 aliphatic rings. The Morgan fingerprint density at radius 3 is 1.43 bits per heavy atom. The summed E-state index contributed by atoms with van der Waals surface area (Å²) in [6, 6.07) is 89.2. The van der Waals surface area contributed by atoms with Gasteiger partial charge in [-0.25, -0.2) is 0 Å². The van der Waals surface area contributed by atoms with Crippen molar-refractivity contribution in [3.63, 3.8) is 0 Å². The number of hydrogen-bond acceptors (Lipinski definition) is 5. The molecule has 6 heteroatoms. The van der Waals surface area contributed by atoms with Crippen molar-refractivity contribution >= 4 is 113 Å². The van der Waals surface area contributed by atoms with Crippen LogP contribution in [0.1, 0.15) is 116 Å². The van der Waals surface area contributed by atoms with Gasteiger partial charge in [0.2, 0.25) is 0 Å². The molecule has 2 aliphatic heterocycles. The van der Waals surface area contributed by atoms with E-state index in [0.717, 1.165) is 89.9 Å². The molecule has 0 atom stereocenters. The number of hydrogen-bond donors (Lipinski definition) is 0. The minimum absolute atomic E-state index is 0.0183. The van der Waals surface area contributed by atoms with Gasteiger partial charge < -0.3 is 24.0 Å². The summed E-state index contributed by atoms with van der Waals surface area (Å²) in [6.07, 6.45) is 0. The number of nitrogens with zero attached hydrogens (tertiary/aromatic N) is 4. The molecule has 0 unspecified atom stereocenters. The third-order valence-corrected chi connectivity index (χ3v) is 18.9. The first-order valence-corrected chi connectivity index (χ1v) is 32.1. The first-order valence-electron chi connectivity index (χ1n) is 32.1. The van der Waals surface area contributed by atoms with E-state index in [0.29, 0.717) is 0 Å². The zero-order valence-electron chi connectivity index (χ0n) is 54.8. The number of para-hydroxylation sites is 3. The molecule has 12 aromatic rings. The van der Waals surface area contributed by atoms with Crippen LogP contribution >= 0.6 is 0 Å². The van der Waals surface area contributed by atoms with Crippen LogP contribution in [0.25, 0.3) is 33.1 Å². The average Bonchev–Trinajstić information content (AvgIpc) is 0.758. The van der Waals surface area contributed by atoms with Crippen molar-refractivity contribution in [1.29, 1.82) is 0 Å². The molecule has 0 N–H and O–H groups in total. The number of fused-ring (bicyclic) bond motifs is 6. The molecule has 446 valence electrons. The average molecular weight is 1170 g/mol. The molecular formula is C84H81BN4O. The monoisotopic (exact) mass is 1170 g/mol. The minimum atomic E-state index is -0.131. The fourth-order valence-corrected chi connectivity index (χ4v) is 13.8. The standard InChI is InChI=1S/C84H81BN4O/c1-54-21-20-22-55(2)80(54)89-74-51-69(87(64-24-16-15-17-25-64)68-37-29-56-47-59(28-27-57(56)48-68)78-49-58-23-18-19-26-77(58)90-78)44-45-71(74)85-72-50-63(84(12,13)14)36-46-73(72)88(67-42-34-62(35-43-67)83(9,10)11)75-52-70(53-76(89)79(75)85)86(65-38-30-60(31-39-65)81(3,4)5)66-40-32-61(33-41-66)82(6,7)8/h15-53H,1-14H3. The highest BCUT2D eigenvalue weighted by atomic mass is 16.3. The summed E-state index contributed by atoms with van der Waals surface area (Å²) in [5, 5.41) is 3.40. The highest BCUT2D eigenvalue weighted by molar-refractivity contribution is 7.00. The molecule has 14 rings (SSSR count). The summed E-state index contributed by atoms with van der Waals surface area (Å²) in [5.74, 6) is 0.867. The van der Waals surface area contributed by atoms with Crippen molar-refractivity contribution in [2.75, 3.05) is 19.6 Å². The van der Waals surface area contributed by atoms with Gasteiger partial charge in [0.15, 0.2) is 0 Å². The smallest absolute Gasteiger partial charge is 0.252 e. The van der Waals surface area contributed by atoms with E-state index in [1.807, 2.05) is 12.1 Å². The maximum absolute atomic E-state index is 6.38. The van der Waals surface area contributed by atoms with E-state index in [9.17, 15) is 0 Å². The Morgan fingerprint density at radius 1 is 0.333 bits per heavy atom. The van der Waals surface area contributed by atoms with Crippen LogP contribution in [-0.2, 0) is 21.7 Å². The van der Waals surface area contributed by atoms with E-state index in [-0.39, 0.29) is 28.4 Å². The van der Waals surface area contributed by atoms with Gasteiger partial charge in [0, 0.05) is 67.8 Å². The molecule has 1 aromatic heterocycles. The van der Waals surface area contributed by atoms with Crippen LogP contribution in [-0.4, -0.2) is 6.71 Å². The summed E-state index contributed by atoms with van der Waals surface area (Å²) in [5.41, 5.74) is 26.6. The molecule has 0 amide bonds. The predicted octanol–water partition coefficient (Wildman–Crippen LogP) is 22.1. The van der Waals surface area contributed by atoms with Crippen LogP contribution in [0.15, 0.2) is 241 Å². The Bertz CT molecular complexity index is 4610. The van der Waals surface area contributed by atoms with Crippen molar-refractivity contribution in [3.8, 4) is 11.3 Å². The molecular weight excluding hydrogens is 1090 g/mol. The molecule has 0 bridgehead atoms. The van der Waals surface area contributed by atoms with E-state index in [4.69, 9.17) is 4.42 Å². The van der Waals surface area contributed by atoms with E-state index in [1.165, 1.54) is 61.1 Å². The summed E-state index contributed by atoms with van der Waals surface area (Å²) < 4.78 is 6.38. The maximum Gasteiger partial charge on any atom is 0.252 e. The van der Waals surface area contributed by atoms with Crippen molar-refractivity contribution in [3.05, 3.63) is 270 Å². The maximum atomic E-state index is 6.38. The van der Waals surface area contributed by atoms with E-state index < -0.39 is 0 Å². The summed E-state index contributed by atoms with van der Waals surface area (Å²) >= 11 is 0. The lowest BCUT2D eigenvalue weighted by molar-refractivity contribution is 0.590. The number of anilines is 12. The zero-order valence-corrected chi connectivity index (χ0v) is 54.8. The highest BCUT2D eigenvalue weighted by Crippen LogP contribution is 2.51. The first-order chi connectivity index (χ1) is 43.0. The van der Waals surface area contributed by atoms with E-state index in [1.54, 1.807) is 0 Å². The van der Waals surface area contributed by atoms with Crippen molar-refractivity contribution in [1.82, 2.24) is 0 Å². The number of aryl methyl sites for hydroxylation is 2. The van der Waals surface area contributed by atoms with Crippen LogP contribution in [0.2, 0.25) is 0 Å². The Kier molecular flexibility index (Phi) is 14.0. The molecule has 0 radical (unpaired) electrons. The van der Waals surface area contributed by atoms with Crippen LogP contribution in [0.4, 0.5) is 68.2 Å². The Hall–Kier alpha value is -9.52. The van der Waals surface area contributed by atoms with Crippen LogP contribution in [0.5, 0.6) is 0 Å². The van der Waals surface area contributed by atoms with Gasteiger partial charge in [-0.2, -0.15) is 0 Å². The third-order valence-electron chi connectivity index (χ3n) is 18.9. The van der Waals surface area contributed by atoms with Crippen LogP contribution in [0, 0.1) is 13.8 Å². The fraction of sp³-hybridized carbons (Fsp3) is 0.214. The molecule has 90 heavy (non-hydrogen) atoms. The second-order valence-electron chi connectivity index (χ2n) is 29.3. The fourth-order valence-electron chi connectivity index (χ4n) is 13.8. The van der Waals surface area contributed by atoms with Crippen molar-refractivity contribution in [2.24, 2.45) is 0 Å². The molecule has 0 saturated carbocycles. The summed E-state index contributed by atoms with van der Waals surface area (Å²) in [6.45, 7) is 32.2. The van der Waals surface area contributed by atoms with Gasteiger partial charge in [0.1, 0.15) is 11.3 Å². The normalized spacial score (nSPS) is 13.2. The first kappa shape index (κ1) is 58.2.